The Morgan fingerprint density at radius 2 is 2.00 bits per heavy atom. The minimum atomic E-state index is -0.187. The highest BCUT2D eigenvalue weighted by Gasteiger charge is 2.21. The number of ether oxygens (including phenoxy) is 1. The second-order valence-corrected chi connectivity index (χ2v) is 5.35. The highest BCUT2D eigenvalue weighted by Crippen LogP contribution is 2.31. The molecule has 5 nitrogen and oxygen atoms in total. The Bertz CT molecular complexity index is 770. The molecule has 0 bridgehead atoms. The maximum atomic E-state index is 11.8. The lowest BCUT2D eigenvalue weighted by Gasteiger charge is -2.12. The van der Waals surface area contributed by atoms with E-state index in [9.17, 15) is 4.79 Å². The molecule has 1 amide bonds. The van der Waals surface area contributed by atoms with Crippen LogP contribution in [0.25, 0.3) is 0 Å². The van der Waals surface area contributed by atoms with Gasteiger partial charge in [0.1, 0.15) is 5.75 Å². The normalized spacial score (nSPS) is 13.7. The van der Waals surface area contributed by atoms with Gasteiger partial charge in [-0.05, 0) is 29.8 Å². The van der Waals surface area contributed by atoms with Gasteiger partial charge in [0.25, 0.3) is 0 Å². The number of halogens is 1. The van der Waals surface area contributed by atoms with Gasteiger partial charge in [0.2, 0.25) is 5.91 Å². The SMILES string of the molecule is COc1cc2c(cc1Cl)CC(=O)NN=C2c1ccc(N)cc1. The number of fused-ring (bicyclic) bond motifs is 1. The summed E-state index contributed by atoms with van der Waals surface area (Å²) in [5.74, 6) is 0.353. The highest BCUT2D eigenvalue weighted by atomic mass is 35.5. The van der Waals surface area contributed by atoms with E-state index in [0.717, 1.165) is 16.7 Å². The van der Waals surface area contributed by atoms with E-state index in [1.165, 1.54) is 0 Å². The number of nitrogens with two attached hydrogens (primary N) is 1. The Balaban J connectivity index is 2.19. The van der Waals surface area contributed by atoms with Crippen LogP contribution in [0.3, 0.4) is 0 Å². The Labute approximate surface area is 132 Å². The van der Waals surface area contributed by atoms with Crippen molar-refractivity contribution in [3.05, 3.63) is 58.1 Å². The van der Waals surface area contributed by atoms with Gasteiger partial charge >= 0.3 is 0 Å². The van der Waals surface area contributed by atoms with E-state index in [2.05, 4.69) is 10.5 Å². The molecule has 3 N–H and O–H groups in total. The fourth-order valence-electron chi connectivity index (χ4n) is 2.37. The molecule has 0 aromatic heterocycles. The predicted molar refractivity (Wildman–Crippen MR) is 86.3 cm³/mol. The zero-order valence-corrected chi connectivity index (χ0v) is 12.6. The molecule has 1 aliphatic rings. The first-order valence-corrected chi connectivity index (χ1v) is 7.05. The molecule has 2 aromatic rings. The third-order valence-corrected chi connectivity index (χ3v) is 3.76. The molecule has 112 valence electrons. The molecule has 0 unspecified atom stereocenters. The van der Waals surface area contributed by atoms with Crippen LogP contribution in [0, 0.1) is 0 Å². The minimum absolute atomic E-state index is 0.187. The first-order valence-electron chi connectivity index (χ1n) is 6.67. The van der Waals surface area contributed by atoms with E-state index in [-0.39, 0.29) is 12.3 Å². The number of carbonyl (C=O) groups is 1. The number of rotatable bonds is 2. The summed E-state index contributed by atoms with van der Waals surface area (Å²) in [6.45, 7) is 0. The number of hydrogen-bond acceptors (Lipinski definition) is 4. The van der Waals surface area contributed by atoms with Gasteiger partial charge in [-0.1, -0.05) is 23.7 Å². The van der Waals surface area contributed by atoms with Crippen molar-refractivity contribution in [2.75, 3.05) is 12.8 Å². The van der Waals surface area contributed by atoms with Crippen LogP contribution in [-0.2, 0) is 11.2 Å². The third-order valence-electron chi connectivity index (χ3n) is 3.46. The maximum Gasteiger partial charge on any atom is 0.244 e. The van der Waals surface area contributed by atoms with Crippen LogP contribution in [0.15, 0.2) is 41.5 Å². The van der Waals surface area contributed by atoms with E-state index in [0.29, 0.717) is 22.2 Å². The van der Waals surface area contributed by atoms with Gasteiger partial charge in [0.05, 0.1) is 24.3 Å². The highest BCUT2D eigenvalue weighted by molar-refractivity contribution is 6.32. The van der Waals surface area contributed by atoms with Crippen LogP contribution in [0.4, 0.5) is 5.69 Å². The van der Waals surface area contributed by atoms with Gasteiger partial charge in [-0.3, -0.25) is 4.79 Å². The van der Waals surface area contributed by atoms with Crippen molar-refractivity contribution in [2.24, 2.45) is 5.10 Å². The van der Waals surface area contributed by atoms with E-state index < -0.39 is 0 Å². The Hall–Kier alpha value is -2.53. The summed E-state index contributed by atoms with van der Waals surface area (Å²) < 4.78 is 5.27. The Morgan fingerprint density at radius 3 is 2.68 bits per heavy atom. The molecule has 6 heteroatoms. The number of benzene rings is 2. The average Bonchev–Trinajstić information content (AvgIpc) is 2.65. The lowest BCUT2D eigenvalue weighted by Crippen LogP contribution is -2.18. The molecule has 1 aliphatic heterocycles. The van der Waals surface area contributed by atoms with Gasteiger partial charge in [0, 0.05) is 16.8 Å². The molecule has 0 aliphatic carbocycles. The molecule has 3 rings (SSSR count). The summed E-state index contributed by atoms with van der Waals surface area (Å²) in [5, 5.41) is 4.69. The fourth-order valence-corrected chi connectivity index (χ4v) is 2.63. The zero-order chi connectivity index (χ0) is 15.7. The molecule has 0 atom stereocenters. The summed E-state index contributed by atoms with van der Waals surface area (Å²) in [6, 6.07) is 10.8. The Morgan fingerprint density at radius 1 is 1.27 bits per heavy atom. The Kier molecular flexibility index (Phi) is 3.73. The zero-order valence-electron chi connectivity index (χ0n) is 11.9. The van der Waals surface area contributed by atoms with E-state index in [1.807, 2.05) is 12.1 Å². The van der Waals surface area contributed by atoms with E-state index in [4.69, 9.17) is 22.1 Å². The molecule has 0 spiro atoms. The van der Waals surface area contributed by atoms with E-state index >= 15 is 0 Å². The summed E-state index contributed by atoms with van der Waals surface area (Å²) in [4.78, 5) is 11.8. The molecule has 0 fully saturated rings. The van der Waals surface area contributed by atoms with Gasteiger partial charge in [0.15, 0.2) is 0 Å². The van der Waals surface area contributed by atoms with Crippen molar-refractivity contribution in [3.63, 3.8) is 0 Å². The number of nitrogens with zero attached hydrogens (tertiary/aromatic N) is 1. The number of methoxy groups -OCH3 is 1. The number of anilines is 1. The van der Waals surface area contributed by atoms with Gasteiger partial charge in [-0.2, -0.15) is 5.10 Å². The summed E-state index contributed by atoms with van der Waals surface area (Å²) >= 11 is 6.16. The quantitative estimate of drug-likeness (QED) is 0.835. The van der Waals surface area contributed by atoms with Gasteiger partial charge in [-0.25, -0.2) is 5.43 Å². The number of amides is 1. The molecular formula is C16H14ClN3O2. The van der Waals surface area contributed by atoms with Crippen molar-refractivity contribution in [3.8, 4) is 5.75 Å². The van der Waals surface area contributed by atoms with Crippen molar-refractivity contribution >= 4 is 28.9 Å². The standard InChI is InChI=1S/C16H14ClN3O2/c1-22-14-8-12-10(6-13(14)17)7-15(21)19-20-16(12)9-2-4-11(18)5-3-9/h2-6,8H,7,18H2,1H3,(H,19,21). The minimum Gasteiger partial charge on any atom is -0.495 e. The van der Waals surface area contributed by atoms with Crippen LogP contribution in [0.5, 0.6) is 5.75 Å². The van der Waals surface area contributed by atoms with Crippen LogP contribution < -0.4 is 15.9 Å². The second kappa shape index (κ2) is 5.69. The molecule has 1 heterocycles. The second-order valence-electron chi connectivity index (χ2n) is 4.94. The summed E-state index contributed by atoms with van der Waals surface area (Å²) in [7, 11) is 1.55. The predicted octanol–water partition coefficient (Wildman–Crippen LogP) is 2.36. The molecular weight excluding hydrogens is 302 g/mol. The lowest BCUT2D eigenvalue weighted by atomic mass is 9.95. The summed E-state index contributed by atoms with van der Waals surface area (Å²) in [5.41, 5.74) is 12.0. The topological polar surface area (TPSA) is 76.7 Å². The summed E-state index contributed by atoms with van der Waals surface area (Å²) in [6.07, 6.45) is 0.209. The van der Waals surface area contributed by atoms with Crippen molar-refractivity contribution in [1.82, 2.24) is 5.43 Å². The van der Waals surface area contributed by atoms with Gasteiger partial charge < -0.3 is 10.5 Å². The van der Waals surface area contributed by atoms with Crippen molar-refractivity contribution in [1.29, 1.82) is 0 Å². The average molecular weight is 316 g/mol. The number of hydrogen-bond donors (Lipinski definition) is 2. The van der Waals surface area contributed by atoms with Gasteiger partial charge in [-0.15, -0.1) is 0 Å². The third kappa shape index (κ3) is 2.63. The number of carbonyl (C=O) groups excluding carboxylic acids is 1. The van der Waals surface area contributed by atoms with E-state index in [1.54, 1.807) is 31.4 Å². The maximum absolute atomic E-state index is 11.8. The number of nitrogens with one attached hydrogen (secondary N) is 1. The number of hydrazone groups is 1. The molecule has 22 heavy (non-hydrogen) atoms. The molecule has 2 aromatic carbocycles. The van der Waals surface area contributed by atoms with Crippen LogP contribution in [0.1, 0.15) is 16.7 Å². The van der Waals surface area contributed by atoms with Crippen LogP contribution in [0.2, 0.25) is 5.02 Å². The fraction of sp³-hybridized carbons (Fsp3) is 0.125. The number of nitrogen functional groups attached to an aromatic ring is 1. The smallest absolute Gasteiger partial charge is 0.244 e. The first kappa shape index (κ1) is 14.4. The molecule has 0 saturated carbocycles. The molecule has 0 radical (unpaired) electrons. The van der Waals surface area contributed by atoms with Crippen LogP contribution >= 0.6 is 11.6 Å². The largest absolute Gasteiger partial charge is 0.495 e. The monoisotopic (exact) mass is 315 g/mol. The van der Waals surface area contributed by atoms with Crippen molar-refractivity contribution in [2.45, 2.75) is 6.42 Å². The molecule has 0 saturated heterocycles. The lowest BCUT2D eigenvalue weighted by molar-refractivity contribution is -0.120. The van der Waals surface area contributed by atoms with Crippen molar-refractivity contribution < 1.29 is 9.53 Å². The van der Waals surface area contributed by atoms with Crippen LogP contribution in [-0.4, -0.2) is 18.7 Å². The first-order chi connectivity index (χ1) is 10.6.